The van der Waals surface area contributed by atoms with Gasteiger partial charge in [-0.15, -0.1) is 0 Å². The molecule has 2 rings (SSSR count). The first-order chi connectivity index (χ1) is 9.49. The van der Waals surface area contributed by atoms with Crippen molar-refractivity contribution < 1.29 is 9.18 Å². The van der Waals surface area contributed by atoms with Crippen LogP contribution in [0.25, 0.3) is 0 Å². The van der Waals surface area contributed by atoms with Gasteiger partial charge in [-0.25, -0.2) is 4.39 Å². The Morgan fingerprint density at radius 1 is 1.15 bits per heavy atom. The van der Waals surface area contributed by atoms with E-state index in [2.05, 4.69) is 5.32 Å². The number of hydrogen-bond donors (Lipinski definition) is 1. The molecule has 0 bridgehead atoms. The van der Waals surface area contributed by atoms with Crippen molar-refractivity contribution in [3.8, 4) is 6.07 Å². The third kappa shape index (κ3) is 3.01. The maximum absolute atomic E-state index is 13.0. The minimum atomic E-state index is -0.508. The van der Waals surface area contributed by atoms with Crippen LogP contribution in [0, 0.1) is 31.0 Å². The van der Waals surface area contributed by atoms with Crippen LogP contribution in [0.5, 0.6) is 0 Å². The maximum atomic E-state index is 13.0. The molecule has 0 aromatic heterocycles. The average molecular weight is 268 g/mol. The van der Waals surface area contributed by atoms with Crippen molar-refractivity contribution in [3.05, 3.63) is 64.5 Å². The number of hydrogen-bond acceptors (Lipinski definition) is 2. The van der Waals surface area contributed by atoms with E-state index in [1.165, 1.54) is 12.1 Å². The Bertz CT molecular complexity index is 697. The largest absolute Gasteiger partial charge is 0.321 e. The quantitative estimate of drug-likeness (QED) is 0.905. The van der Waals surface area contributed by atoms with Crippen LogP contribution < -0.4 is 5.32 Å². The smallest absolute Gasteiger partial charge is 0.255 e. The topological polar surface area (TPSA) is 52.9 Å². The highest BCUT2D eigenvalue weighted by atomic mass is 19.1. The van der Waals surface area contributed by atoms with Crippen LogP contribution in [0.15, 0.2) is 36.4 Å². The Hall–Kier alpha value is -2.67. The van der Waals surface area contributed by atoms with Crippen molar-refractivity contribution >= 4 is 11.6 Å². The van der Waals surface area contributed by atoms with Crippen molar-refractivity contribution in [1.29, 1.82) is 5.26 Å². The number of nitrogens with one attached hydrogen (secondary N) is 1. The number of aryl methyl sites for hydroxylation is 2. The number of halogens is 1. The first-order valence-electron chi connectivity index (χ1n) is 6.09. The molecule has 0 saturated carbocycles. The lowest BCUT2D eigenvalue weighted by molar-refractivity contribution is 0.102. The van der Waals surface area contributed by atoms with E-state index in [0.29, 0.717) is 11.3 Å². The standard InChI is InChI=1S/C16H13FN2O/c1-10-5-11(2)7-12(6-10)16(20)19-15-4-3-14(17)8-13(15)9-18/h3-8H,1-2H3,(H,19,20). The van der Waals surface area contributed by atoms with Gasteiger partial charge in [-0.3, -0.25) is 4.79 Å². The van der Waals surface area contributed by atoms with Crippen LogP contribution in [-0.2, 0) is 0 Å². The zero-order chi connectivity index (χ0) is 14.7. The summed E-state index contributed by atoms with van der Waals surface area (Å²) in [6.07, 6.45) is 0. The van der Waals surface area contributed by atoms with Gasteiger partial charge in [-0.2, -0.15) is 5.26 Å². The lowest BCUT2D eigenvalue weighted by Gasteiger charge is -2.08. The monoisotopic (exact) mass is 268 g/mol. The van der Waals surface area contributed by atoms with E-state index >= 15 is 0 Å². The van der Waals surface area contributed by atoms with Crippen molar-refractivity contribution in [2.75, 3.05) is 5.32 Å². The number of carbonyl (C=O) groups is 1. The van der Waals surface area contributed by atoms with Crippen molar-refractivity contribution in [1.82, 2.24) is 0 Å². The fraction of sp³-hybridized carbons (Fsp3) is 0.125. The summed E-state index contributed by atoms with van der Waals surface area (Å²) < 4.78 is 13.0. The summed E-state index contributed by atoms with van der Waals surface area (Å²) in [6, 6.07) is 11.0. The second-order valence-electron chi connectivity index (χ2n) is 4.63. The van der Waals surface area contributed by atoms with E-state index < -0.39 is 5.82 Å². The fourth-order valence-corrected chi connectivity index (χ4v) is 2.02. The van der Waals surface area contributed by atoms with Crippen molar-refractivity contribution in [2.24, 2.45) is 0 Å². The highest BCUT2D eigenvalue weighted by Crippen LogP contribution is 2.18. The van der Waals surface area contributed by atoms with Crippen LogP contribution in [0.1, 0.15) is 27.0 Å². The molecule has 4 heteroatoms. The zero-order valence-corrected chi connectivity index (χ0v) is 11.2. The first kappa shape index (κ1) is 13.8. The molecule has 0 aliphatic heterocycles. The molecule has 20 heavy (non-hydrogen) atoms. The molecule has 2 aromatic rings. The second kappa shape index (κ2) is 5.54. The van der Waals surface area contributed by atoms with Gasteiger partial charge in [0.1, 0.15) is 11.9 Å². The molecule has 0 spiro atoms. The second-order valence-corrected chi connectivity index (χ2v) is 4.63. The Kier molecular flexibility index (Phi) is 3.81. The Morgan fingerprint density at radius 3 is 2.40 bits per heavy atom. The van der Waals surface area contributed by atoms with Gasteiger partial charge in [-0.1, -0.05) is 17.2 Å². The van der Waals surface area contributed by atoms with Gasteiger partial charge in [0.2, 0.25) is 0 Å². The molecule has 0 atom stereocenters. The van der Waals surface area contributed by atoms with E-state index in [9.17, 15) is 9.18 Å². The summed E-state index contributed by atoms with van der Waals surface area (Å²) in [5.74, 6) is -0.828. The van der Waals surface area contributed by atoms with Gasteiger partial charge in [0.15, 0.2) is 0 Å². The summed E-state index contributed by atoms with van der Waals surface area (Å²) in [4.78, 5) is 12.2. The Balaban J connectivity index is 2.30. The zero-order valence-electron chi connectivity index (χ0n) is 11.2. The summed E-state index contributed by atoms with van der Waals surface area (Å²) in [5.41, 5.74) is 2.88. The number of rotatable bonds is 2. The average Bonchev–Trinajstić information content (AvgIpc) is 2.39. The number of nitrogens with zero attached hydrogens (tertiary/aromatic N) is 1. The summed E-state index contributed by atoms with van der Waals surface area (Å²) >= 11 is 0. The molecule has 1 N–H and O–H groups in total. The third-order valence-electron chi connectivity index (χ3n) is 2.83. The maximum Gasteiger partial charge on any atom is 0.255 e. The normalized spacial score (nSPS) is 9.90. The van der Waals surface area contributed by atoms with Crippen LogP contribution in [0.4, 0.5) is 10.1 Å². The lowest BCUT2D eigenvalue weighted by atomic mass is 10.1. The fourth-order valence-electron chi connectivity index (χ4n) is 2.02. The van der Waals surface area contributed by atoms with Crippen LogP contribution in [0.2, 0.25) is 0 Å². The molecule has 2 aromatic carbocycles. The first-order valence-corrected chi connectivity index (χ1v) is 6.09. The van der Waals surface area contributed by atoms with Crippen LogP contribution >= 0.6 is 0 Å². The summed E-state index contributed by atoms with van der Waals surface area (Å²) in [6.45, 7) is 3.81. The van der Waals surface area contributed by atoms with Crippen molar-refractivity contribution in [3.63, 3.8) is 0 Å². The minimum absolute atomic E-state index is 0.0997. The summed E-state index contributed by atoms with van der Waals surface area (Å²) in [7, 11) is 0. The predicted octanol–water partition coefficient (Wildman–Crippen LogP) is 3.57. The van der Waals surface area contributed by atoms with Crippen LogP contribution in [0.3, 0.4) is 0 Å². The molecular formula is C16H13FN2O. The molecule has 0 aliphatic rings. The number of carbonyl (C=O) groups excluding carboxylic acids is 1. The highest BCUT2D eigenvalue weighted by molar-refractivity contribution is 6.05. The highest BCUT2D eigenvalue weighted by Gasteiger charge is 2.10. The minimum Gasteiger partial charge on any atom is -0.321 e. The van der Waals surface area contributed by atoms with Gasteiger partial charge >= 0.3 is 0 Å². The van der Waals surface area contributed by atoms with Crippen LogP contribution in [-0.4, -0.2) is 5.91 Å². The molecule has 100 valence electrons. The molecule has 0 fully saturated rings. The molecule has 0 aliphatic carbocycles. The SMILES string of the molecule is Cc1cc(C)cc(C(=O)Nc2ccc(F)cc2C#N)c1. The van der Waals surface area contributed by atoms with Gasteiger partial charge in [0.25, 0.3) is 5.91 Å². The molecule has 0 saturated heterocycles. The molecule has 0 radical (unpaired) electrons. The Morgan fingerprint density at radius 2 is 1.80 bits per heavy atom. The van der Waals surface area contributed by atoms with Gasteiger partial charge in [0.05, 0.1) is 11.3 Å². The third-order valence-corrected chi connectivity index (χ3v) is 2.83. The van der Waals surface area contributed by atoms with Gasteiger partial charge < -0.3 is 5.32 Å². The number of anilines is 1. The van der Waals surface area contributed by atoms with E-state index in [-0.39, 0.29) is 11.5 Å². The van der Waals surface area contributed by atoms with Crippen molar-refractivity contribution in [2.45, 2.75) is 13.8 Å². The number of nitriles is 1. The van der Waals surface area contributed by atoms with E-state index in [1.54, 1.807) is 12.1 Å². The van der Waals surface area contributed by atoms with E-state index in [0.717, 1.165) is 17.2 Å². The molecule has 0 unspecified atom stereocenters. The van der Waals surface area contributed by atoms with Gasteiger partial charge in [0, 0.05) is 5.56 Å². The molecule has 1 amide bonds. The number of benzene rings is 2. The Labute approximate surface area is 116 Å². The predicted molar refractivity (Wildman–Crippen MR) is 75.0 cm³/mol. The molecular weight excluding hydrogens is 255 g/mol. The lowest BCUT2D eigenvalue weighted by Crippen LogP contribution is -2.13. The number of amides is 1. The summed E-state index contributed by atoms with van der Waals surface area (Å²) in [5, 5.41) is 11.6. The van der Waals surface area contributed by atoms with Gasteiger partial charge in [-0.05, 0) is 44.2 Å². The molecule has 3 nitrogen and oxygen atoms in total. The van der Waals surface area contributed by atoms with E-state index in [1.807, 2.05) is 26.0 Å². The molecule has 0 heterocycles. The van der Waals surface area contributed by atoms with E-state index in [4.69, 9.17) is 5.26 Å².